The number of aliphatic carboxylic acids is 1. The number of nitrogens with zero attached hydrogens (tertiary/aromatic N) is 1. The molecule has 1 atom stereocenters. The number of carbonyl (C=O) groups excluding carboxylic acids is 1. The standard InChI is InChI=1S/C20H16F2N2O3S/c21-14-6-7-16(22)15(10-14)17-11-28-20(23-17)24-19(27)13(9-18(25)26)8-12-4-2-1-3-5-12/h1-7,10-11,13H,8-9H2,(H,25,26)(H,23,24,27)/t13-/m1/s1. The summed E-state index contributed by atoms with van der Waals surface area (Å²) in [4.78, 5) is 27.8. The van der Waals surface area contributed by atoms with Gasteiger partial charge >= 0.3 is 5.97 Å². The van der Waals surface area contributed by atoms with Crippen LogP contribution in [-0.4, -0.2) is 22.0 Å². The van der Waals surface area contributed by atoms with Crippen LogP contribution in [0, 0.1) is 17.6 Å². The molecule has 1 amide bonds. The minimum atomic E-state index is -1.09. The highest BCUT2D eigenvalue weighted by molar-refractivity contribution is 7.14. The summed E-state index contributed by atoms with van der Waals surface area (Å²) in [5.74, 6) is -3.60. The first-order chi connectivity index (χ1) is 13.4. The molecule has 2 aromatic carbocycles. The van der Waals surface area contributed by atoms with Crippen LogP contribution in [-0.2, 0) is 16.0 Å². The lowest BCUT2D eigenvalue weighted by Gasteiger charge is -2.14. The predicted octanol–water partition coefficient (Wildman–Crippen LogP) is 4.36. The number of carboxylic acid groups (broad SMARTS) is 1. The van der Waals surface area contributed by atoms with Gasteiger partial charge < -0.3 is 10.4 Å². The van der Waals surface area contributed by atoms with Crippen molar-refractivity contribution in [3.63, 3.8) is 0 Å². The summed E-state index contributed by atoms with van der Waals surface area (Å²) in [6.07, 6.45) is -0.0762. The third kappa shape index (κ3) is 4.98. The van der Waals surface area contributed by atoms with Crippen molar-refractivity contribution in [3.8, 4) is 11.3 Å². The van der Waals surface area contributed by atoms with E-state index in [1.807, 2.05) is 30.3 Å². The van der Waals surface area contributed by atoms with Crippen molar-refractivity contribution in [3.05, 3.63) is 71.1 Å². The quantitative estimate of drug-likeness (QED) is 0.615. The first-order valence-electron chi connectivity index (χ1n) is 8.40. The molecule has 1 aromatic heterocycles. The Hall–Kier alpha value is -3.13. The first kappa shape index (κ1) is 19.6. The van der Waals surface area contributed by atoms with E-state index >= 15 is 0 Å². The van der Waals surface area contributed by atoms with E-state index in [2.05, 4.69) is 10.3 Å². The summed E-state index contributed by atoms with van der Waals surface area (Å²) in [6.45, 7) is 0. The fraction of sp³-hybridized carbons (Fsp3) is 0.150. The van der Waals surface area contributed by atoms with Gasteiger partial charge in [0.15, 0.2) is 5.13 Å². The van der Waals surface area contributed by atoms with E-state index in [9.17, 15) is 18.4 Å². The molecule has 1 heterocycles. The Kier molecular flexibility index (Phi) is 6.10. The number of anilines is 1. The molecule has 0 fully saturated rings. The Balaban J connectivity index is 1.75. The number of halogens is 2. The lowest BCUT2D eigenvalue weighted by atomic mass is 9.95. The number of hydrogen-bond donors (Lipinski definition) is 2. The van der Waals surface area contributed by atoms with Gasteiger partial charge in [-0.25, -0.2) is 13.8 Å². The Morgan fingerprint density at radius 1 is 1.14 bits per heavy atom. The van der Waals surface area contributed by atoms with Gasteiger partial charge in [-0.15, -0.1) is 11.3 Å². The van der Waals surface area contributed by atoms with Crippen LogP contribution in [0.4, 0.5) is 13.9 Å². The Morgan fingerprint density at radius 2 is 1.89 bits per heavy atom. The fourth-order valence-electron chi connectivity index (χ4n) is 2.72. The third-order valence-corrected chi connectivity index (χ3v) is 4.81. The largest absolute Gasteiger partial charge is 0.481 e. The Bertz CT molecular complexity index is 992. The average molecular weight is 402 g/mol. The molecule has 3 aromatic rings. The first-order valence-corrected chi connectivity index (χ1v) is 9.28. The molecule has 144 valence electrons. The number of nitrogens with one attached hydrogen (secondary N) is 1. The highest BCUT2D eigenvalue weighted by atomic mass is 32.1. The molecule has 3 rings (SSSR count). The molecule has 0 unspecified atom stereocenters. The number of benzene rings is 2. The number of rotatable bonds is 7. The lowest BCUT2D eigenvalue weighted by Crippen LogP contribution is -2.27. The number of aromatic nitrogens is 1. The van der Waals surface area contributed by atoms with Gasteiger partial charge in [-0.1, -0.05) is 30.3 Å². The van der Waals surface area contributed by atoms with E-state index in [-0.39, 0.29) is 29.2 Å². The second-order valence-corrected chi connectivity index (χ2v) is 6.99. The summed E-state index contributed by atoms with van der Waals surface area (Å²) >= 11 is 1.05. The van der Waals surface area contributed by atoms with E-state index in [1.165, 1.54) is 5.38 Å². The molecule has 2 N–H and O–H groups in total. The van der Waals surface area contributed by atoms with Gasteiger partial charge in [-0.05, 0) is 30.2 Å². The van der Waals surface area contributed by atoms with Crippen LogP contribution in [0.25, 0.3) is 11.3 Å². The smallest absolute Gasteiger partial charge is 0.304 e. The second-order valence-electron chi connectivity index (χ2n) is 6.14. The SMILES string of the molecule is O=C(O)C[C@@H](Cc1ccccc1)C(=O)Nc1nc(-c2cc(F)ccc2F)cs1. The molecule has 0 aliphatic carbocycles. The molecule has 0 radical (unpaired) electrons. The maximum absolute atomic E-state index is 13.9. The van der Waals surface area contributed by atoms with E-state index < -0.39 is 29.4 Å². The number of carboxylic acids is 1. The second kappa shape index (κ2) is 8.71. The van der Waals surface area contributed by atoms with Crippen molar-refractivity contribution < 1.29 is 23.5 Å². The highest BCUT2D eigenvalue weighted by Crippen LogP contribution is 2.28. The normalized spacial score (nSPS) is 11.8. The van der Waals surface area contributed by atoms with Crippen molar-refractivity contribution in [1.82, 2.24) is 4.98 Å². The van der Waals surface area contributed by atoms with Crippen molar-refractivity contribution in [2.45, 2.75) is 12.8 Å². The van der Waals surface area contributed by atoms with Gasteiger partial charge in [0.05, 0.1) is 18.0 Å². The van der Waals surface area contributed by atoms with Crippen LogP contribution in [0.15, 0.2) is 53.9 Å². The maximum Gasteiger partial charge on any atom is 0.304 e. The molecule has 0 saturated heterocycles. The van der Waals surface area contributed by atoms with Gasteiger partial charge in [0.1, 0.15) is 11.6 Å². The molecule has 8 heteroatoms. The fourth-order valence-corrected chi connectivity index (χ4v) is 3.44. The number of hydrogen-bond acceptors (Lipinski definition) is 4. The molecule has 5 nitrogen and oxygen atoms in total. The van der Waals surface area contributed by atoms with Gasteiger partial charge in [0, 0.05) is 10.9 Å². The number of thiazole rings is 1. The van der Waals surface area contributed by atoms with E-state index in [4.69, 9.17) is 5.11 Å². The van der Waals surface area contributed by atoms with Crippen LogP contribution in [0.5, 0.6) is 0 Å². The molecule has 0 aliphatic heterocycles. The van der Waals surface area contributed by atoms with Crippen LogP contribution in [0.1, 0.15) is 12.0 Å². The van der Waals surface area contributed by atoms with E-state index in [0.29, 0.717) is 0 Å². The molecular weight excluding hydrogens is 386 g/mol. The van der Waals surface area contributed by atoms with Gasteiger partial charge in [-0.3, -0.25) is 9.59 Å². The lowest BCUT2D eigenvalue weighted by molar-refractivity contribution is -0.140. The summed E-state index contributed by atoms with van der Waals surface area (Å²) in [7, 11) is 0. The van der Waals surface area contributed by atoms with Crippen molar-refractivity contribution in [2.24, 2.45) is 5.92 Å². The molecule has 28 heavy (non-hydrogen) atoms. The monoisotopic (exact) mass is 402 g/mol. The van der Waals surface area contributed by atoms with Crippen molar-refractivity contribution in [1.29, 1.82) is 0 Å². The predicted molar refractivity (Wildman–Crippen MR) is 102 cm³/mol. The van der Waals surface area contributed by atoms with E-state index in [1.54, 1.807) is 0 Å². The zero-order valence-electron chi connectivity index (χ0n) is 14.6. The van der Waals surface area contributed by atoms with Crippen LogP contribution in [0.3, 0.4) is 0 Å². The molecular formula is C20H16F2N2O3S. The Labute approximate surface area is 163 Å². The summed E-state index contributed by atoms with van der Waals surface area (Å²) in [5, 5.41) is 13.4. The average Bonchev–Trinajstić information content (AvgIpc) is 3.12. The molecule has 0 aliphatic rings. The van der Waals surface area contributed by atoms with Gasteiger partial charge in [0.25, 0.3) is 0 Å². The number of carbonyl (C=O) groups is 2. The van der Waals surface area contributed by atoms with Crippen LogP contribution >= 0.6 is 11.3 Å². The molecule has 0 spiro atoms. The molecule has 0 bridgehead atoms. The molecule has 0 saturated carbocycles. The van der Waals surface area contributed by atoms with Crippen molar-refractivity contribution >= 4 is 28.3 Å². The van der Waals surface area contributed by atoms with E-state index in [0.717, 1.165) is 35.1 Å². The minimum Gasteiger partial charge on any atom is -0.481 e. The summed E-state index contributed by atoms with van der Waals surface area (Å²) < 4.78 is 27.3. The topological polar surface area (TPSA) is 79.3 Å². The van der Waals surface area contributed by atoms with Crippen molar-refractivity contribution in [2.75, 3.05) is 5.32 Å². The summed E-state index contributed by atoms with van der Waals surface area (Å²) in [6, 6.07) is 12.1. The highest BCUT2D eigenvalue weighted by Gasteiger charge is 2.23. The third-order valence-electron chi connectivity index (χ3n) is 4.06. The minimum absolute atomic E-state index is 0.0110. The zero-order valence-corrected chi connectivity index (χ0v) is 15.4. The van der Waals surface area contributed by atoms with Crippen LogP contribution < -0.4 is 5.32 Å². The van der Waals surface area contributed by atoms with Crippen LogP contribution in [0.2, 0.25) is 0 Å². The number of amides is 1. The Morgan fingerprint density at radius 3 is 2.61 bits per heavy atom. The maximum atomic E-state index is 13.9. The van der Waals surface area contributed by atoms with Gasteiger partial charge in [0.2, 0.25) is 5.91 Å². The summed E-state index contributed by atoms with van der Waals surface area (Å²) in [5.41, 5.74) is 1.02. The van der Waals surface area contributed by atoms with Gasteiger partial charge in [-0.2, -0.15) is 0 Å². The zero-order chi connectivity index (χ0) is 20.1.